The van der Waals surface area contributed by atoms with E-state index in [9.17, 15) is 9.59 Å². The normalized spacial score (nSPS) is 16.4. The van der Waals surface area contributed by atoms with Gasteiger partial charge >= 0.3 is 0 Å². The molecule has 1 heterocycles. The van der Waals surface area contributed by atoms with Gasteiger partial charge in [0.15, 0.2) is 5.78 Å². The van der Waals surface area contributed by atoms with Crippen molar-refractivity contribution < 1.29 is 9.59 Å². The molecule has 1 atom stereocenters. The van der Waals surface area contributed by atoms with Crippen LogP contribution in [-0.4, -0.2) is 35.7 Å². The number of carbonyl (C=O) groups excluding carboxylic acids is 2. The van der Waals surface area contributed by atoms with Crippen molar-refractivity contribution in [2.45, 2.75) is 12.5 Å². The van der Waals surface area contributed by atoms with E-state index in [0.29, 0.717) is 42.4 Å². The first-order valence-electron chi connectivity index (χ1n) is 11.5. The van der Waals surface area contributed by atoms with Gasteiger partial charge in [-0.25, -0.2) is 0 Å². The molecule has 0 unspecified atom stereocenters. The molecule has 192 valence electrons. The van der Waals surface area contributed by atoms with Crippen LogP contribution in [0.1, 0.15) is 16.7 Å². The number of amides is 1. The van der Waals surface area contributed by atoms with Crippen LogP contribution in [-0.2, 0) is 16.0 Å². The van der Waals surface area contributed by atoms with Gasteiger partial charge in [0, 0.05) is 29.1 Å². The Bertz CT molecular complexity index is 1420. The highest BCUT2D eigenvalue weighted by molar-refractivity contribution is 6.42. The largest absolute Gasteiger partial charge is 0.333 e. The zero-order valence-corrected chi connectivity index (χ0v) is 22.8. The molecule has 10 heteroatoms. The maximum Gasteiger partial charge on any atom is 0.232 e. The molecule has 0 saturated carbocycles. The van der Waals surface area contributed by atoms with Crippen LogP contribution in [0.25, 0.3) is 22.6 Å². The Balaban J connectivity index is 1.73. The molecular formula is C28H20Cl4N4O2. The van der Waals surface area contributed by atoms with Gasteiger partial charge in [-0.2, -0.15) is 0 Å². The second kappa shape index (κ2) is 12.5. The first-order valence-corrected chi connectivity index (χ1v) is 13.0. The number of azide groups is 1. The molecule has 1 saturated heterocycles. The van der Waals surface area contributed by atoms with E-state index >= 15 is 0 Å². The standard InChI is InChI=1S/C28H20Cl4N4O2/c29-22-8-6-18(12-24(22)31)10-20-15-36(28(38)26(34-35-33)14-17-4-2-1-3-5-17)16-21(27(20)37)11-19-7-9-23(30)25(32)13-19/h1-13,26H,14-16H2/b20-10-,21-11-/t26-/m1/s1. The van der Waals surface area contributed by atoms with Gasteiger partial charge < -0.3 is 4.90 Å². The van der Waals surface area contributed by atoms with Gasteiger partial charge in [0.1, 0.15) is 6.04 Å². The number of nitrogens with zero attached hydrogens (tertiary/aromatic N) is 4. The van der Waals surface area contributed by atoms with Crippen molar-refractivity contribution in [1.29, 1.82) is 0 Å². The molecule has 0 bridgehead atoms. The van der Waals surface area contributed by atoms with E-state index < -0.39 is 6.04 Å². The third kappa shape index (κ3) is 6.79. The maximum absolute atomic E-state index is 13.6. The van der Waals surface area contributed by atoms with Crippen LogP contribution in [0.4, 0.5) is 0 Å². The van der Waals surface area contributed by atoms with Crippen LogP contribution in [0.5, 0.6) is 0 Å². The number of likely N-dealkylation sites (tertiary alicyclic amines) is 1. The van der Waals surface area contributed by atoms with Gasteiger partial charge in [0.25, 0.3) is 0 Å². The molecule has 38 heavy (non-hydrogen) atoms. The molecule has 1 aliphatic heterocycles. The van der Waals surface area contributed by atoms with Gasteiger partial charge in [0.05, 0.1) is 20.1 Å². The average Bonchev–Trinajstić information content (AvgIpc) is 2.90. The molecule has 4 rings (SSSR count). The number of benzene rings is 3. The fourth-order valence-electron chi connectivity index (χ4n) is 4.09. The van der Waals surface area contributed by atoms with Crippen molar-refractivity contribution in [3.05, 3.63) is 125 Å². The van der Waals surface area contributed by atoms with Gasteiger partial charge in [-0.3, -0.25) is 9.59 Å². The number of hydrogen-bond donors (Lipinski definition) is 0. The molecule has 1 aliphatic rings. The molecule has 0 radical (unpaired) electrons. The SMILES string of the molecule is [N-]=[N+]=N[C@H](Cc1ccccc1)C(=O)N1C/C(=C/c2ccc(Cl)c(Cl)c2)C(=O)/C(=C\c2ccc(Cl)c(Cl)c2)C1. The van der Waals surface area contributed by atoms with E-state index in [1.165, 1.54) is 4.90 Å². The Labute approximate surface area is 239 Å². The summed E-state index contributed by atoms with van der Waals surface area (Å²) in [6.45, 7) is 0.0612. The van der Waals surface area contributed by atoms with E-state index in [1.807, 2.05) is 30.3 Å². The van der Waals surface area contributed by atoms with Crippen molar-refractivity contribution >= 4 is 70.2 Å². The number of hydrogen-bond acceptors (Lipinski definition) is 3. The highest BCUT2D eigenvalue weighted by Gasteiger charge is 2.32. The summed E-state index contributed by atoms with van der Waals surface area (Å²) in [4.78, 5) is 31.5. The van der Waals surface area contributed by atoms with Crippen molar-refractivity contribution in [3.8, 4) is 0 Å². The lowest BCUT2D eigenvalue weighted by Crippen LogP contribution is -2.46. The van der Waals surface area contributed by atoms with Crippen LogP contribution < -0.4 is 0 Å². The van der Waals surface area contributed by atoms with Crippen LogP contribution in [0, 0.1) is 0 Å². The molecule has 0 N–H and O–H groups in total. The third-order valence-electron chi connectivity index (χ3n) is 5.93. The minimum Gasteiger partial charge on any atom is -0.333 e. The Morgan fingerprint density at radius 2 is 1.39 bits per heavy atom. The van der Waals surface area contributed by atoms with Crippen LogP contribution in [0.15, 0.2) is 83.0 Å². The van der Waals surface area contributed by atoms with Crippen LogP contribution in [0.3, 0.4) is 0 Å². The number of Topliss-reactive ketones (excluding diaryl/α,β-unsaturated/α-hetero) is 1. The third-order valence-corrected chi connectivity index (χ3v) is 7.41. The highest BCUT2D eigenvalue weighted by atomic mass is 35.5. The quantitative estimate of drug-likeness (QED) is 0.127. The summed E-state index contributed by atoms with van der Waals surface area (Å²) in [6, 6.07) is 18.3. The first kappa shape index (κ1) is 27.8. The minimum absolute atomic E-state index is 0.0306. The number of piperidine rings is 1. The summed E-state index contributed by atoms with van der Waals surface area (Å²) >= 11 is 24.4. The zero-order chi connectivity index (χ0) is 27.2. The highest BCUT2D eigenvalue weighted by Crippen LogP contribution is 2.28. The molecule has 1 fully saturated rings. The fourth-order valence-corrected chi connectivity index (χ4v) is 4.70. The second-order valence-corrected chi connectivity index (χ2v) is 10.2. The fraction of sp³-hybridized carbons (Fsp3) is 0.143. The van der Waals surface area contributed by atoms with E-state index in [1.54, 1.807) is 48.6 Å². The van der Waals surface area contributed by atoms with Crippen LogP contribution >= 0.6 is 46.4 Å². The summed E-state index contributed by atoms with van der Waals surface area (Å²) in [6.07, 6.45) is 3.57. The van der Waals surface area contributed by atoms with Crippen LogP contribution in [0.2, 0.25) is 20.1 Å². The van der Waals surface area contributed by atoms with Gasteiger partial charge in [0.2, 0.25) is 5.91 Å². The summed E-state index contributed by atoms with van der Waals surface area (Å²) in [5.41, 5.74) is 12.1. The Kier molecular flexibility index (Phi) is 9.16. The second-order valence-electron chi connectivity index (χ2n) is 8.62. The summed E-state index contributed by atoms with van der Waals surface area (Å²) in [5, 5.41) is 5.24. The summed E-state index contributed by atoms with van der Waals surface area (Å²) < 4.78 is 0. The van der Waals surface area contributed by atoms with Crippen molar-refractivity contribution in [1.82, 2.24) is 4.90 Å². The van der Waals surface area contributed by atoms with Gasteiger partial charge in [-0.1, -0.05) is 94.0 Å². The van der Waals surface area contributed by atoms with Crippen molar-refractivity contribution in [2.75, 3.05) is 13.1 Å². The number of rotatable bonds is 6. The molecule has 6 nitrogen and oxygen atoms in total. The first-order chi connectivity index (χ1) is 18.2. The smallest absolute Gasteiger partial charge is 0.232 e. The predicted molar refractivity (Wildman–Crippen MR) is 154 cm³/mol. The molecule has 0 aromatic heterocycles. The number of ketones is 1. The van der Waals surface area contributed by atoms with E-state index in [4.69, 9.17) is 51.9 Å². The number of carbonyl (C=O) groups is 2. The lowest BCUT2D eigenvalue weighted by atomic mass is 9.93. The molecule has 0 spiro atoms. The number of halogens is 4. The van der Waals surface area contributed by atoms with Crippen molar-refractivity contribution in [2.24, 2.45) is 5.11 Å². The van der Waals surface area contributed by atoms with Gasteiger partial charge in [-0.15, -0.1) is 0 Å². The minimum atomic E-state index is -0.979. The summed E-state index contributed by atoms with van der Waals surface area (Å²) in [7, 11) is 0. The van der Waals surface area contributed by atoms with Gasteiger partial charge in [-0.05, 0) is 65.1 Å². The maximum atomic E-state index is 13.6. The van der Waals surface area contributed by atoms with E-state index in [0.717, 1.165) is 5.56 Å². The Morgan fingerprint density at radius 1 is 0.868 bits per heavy atom. The molecule has 1 amide bonds. The van der Waals surface area contributed by atoms with E-state index in [-0.39, 0.29) is 31.2 Å². The monoisotopic (exact) mass is 584 g/mol. The molecule has 3 aromatic carbocycles. The average molecular weight is 586 g/mol. The lowest BCUT2D eigenvalue weighted by Gasteiger charge is -2.32. The Morgan fingerprint density at radius 3 is 1.87 bits per heavy atom. The zero-order valence-electron chi connectivity index (χ0n) is 19.8. The Hall–Kier alpha value is -3.25. The van der Waals surface area contributed by atoms with Crippen molar-refractivity contribution in [3.63, 3.8) is 0 Å². The predicted octanol–water partition coefficient (Wildman–Crippen LogP) is 8.10. The van der Waals surface area contributed by atoms with E-state index in [2.05, 4.69) is 10.0 Å². The molecule has 0 aliphatic carbocycles. The lowest BCUT2D eigenvalue weighted by molar-refractivity contribution is -0.132. The molecular weight excluding hydrogens is 566 g/mol. The topological polar surface area (TPSA) is 86.1 Å². The summed E-state index contributed by atoms with van der Waals surface area (Å²) in [5.74, 6) is -0.617. The molecule has 3 aromatic rings.